The summed E-state index contributed by atoms with van der Waals surface area (Å²) in [5.41, 5.74) is 1.76. The van der Waals surface area contributed by atoms with Crippen LogP contribution in [0, 0.1) is 6.92 Å². The van der Waals surface area contributed by atoms with Crippen LogP contribution in [0.15, 0.2) is 17.1 Å². The summed E-state index contributed by atoms with van der Waals surface area (Å²) < 4.78 is 0. The maximum atomic E-state index is 6.20. The molecule has 0 bridgehead atoms. The fourth-order valence-electron chi connectivity index (χ4n) is 1.42. The lowest BCUT2D eigenvalue weighted by Gasteiger charge is -2.11. The Morgan fingerprint density at radius 2 is 2.19 bits per heavy atom. The minimum Gasteiger partial charge on any atom is -0.333 e. The molecule has 1 aromatic carbocycles. The van der Waals surface area contributed by atoms with Gasteiger partial charge in [-0.05, 0) is 18.6 Å². The van der Waals surface area contributed by atoms with Gasteiger partial charge in [-0.1, -0.05) is 48.0 Å². The molecule has 0 aliphatic carbocycles. The first-order chi connectivity index (χ1) is 7.58. The molecule has 1 aromatic rings. The molecule has 0 saturated heterocycles. The van der Waals surface area contributed by atoms with Crippen molar-refractivity contribution in [2.75, 3.05) is 11.9 Å². The minimum atomic E-state index is 0.518. The fourth-order valence-corrected chi connectivity index (χ4v) is 2.73. The Balaban J connectivity index is 2.24. The molecule has 0 saturated carbocycles. The second kappa shape index (κ2) is 4.86. The van der Waals surface area contributed by atoms with Gasteiger partial charge in [-0.25, -0.2) is 0 Å². The van der Waals surface area contributed by atoms with Crippen LogP contribution in [-0.4, -0.2) is 17.0 Å². The lowest BCUT2D eigenvalue weighted by atomic mass is 10.2. The molecule has 16 heavy (non-hydrogen) atoms. The van der Waals surface area contributed by atoms with Crippen LogP contribution < -0.4 is 5.32 Å². The number of nitrogens with one attached hydrogen (secondary N) is 1. The SMILES string of the molecule is Cc1ccc(Cl)c(NC2=NCC(C)S2)c1Cl. The van der Waals surface area contributed by atoms with E-state index in [2.05, 4.69) is 17.2 Å². The molecule has 0 fully saturated rings. The molecule has 2 rings (SSSR count). The van der Waals surface area contributed by atoms with Crippen molar-refractivity contribution in [3.8, 4) is 0 Å². The van der Waals surface area contributed by atoms with E-state index in [0.29, 0.717) is 15.3 Å². The molecule has 1 N–H and O–H groups in total. The number of thioether (sulfide) groups is 1. The predicted octanol–water partition coefficient (Wildman–Crippen LogP) is 4.21. The molecule has 1 aliphatic rings. The molecular formula is C11H12Cl2N2S. The van der Waals surface area contributed by atoms with Crippen LogP contribution in [0.1, 0.15) is 12.5 Å². The van der Waals surface area contributed by atoms with Crippen molar-refractivity contribution in [3.05, 3.63) is 27.7 Å². The van der Waals surface area contributed by atoms with E-state index in [1.807, 2.05) is 19.1 Å². The van der Waals surface area contributed by atoms with Gasteiger partial charge in [-0.15, -0.1) is 0 Å². The summed E-state index contributed by atoms with van der Waals surface area (Å²) in [6.07, 6.45) is 0. The van der Waals surface area contributed by atoms with E-state index in [9.17, 15) is 0 Å². The minimum absolute atomic E-state index is 0.518. The number of amidine groups is 1. The zero-order valence-electron chi connectivity index (χ0n) is 9.05. The zero-order valence-corrected chi connectivity index (χ0v) is 11.4. The van der Waals surface area contributed by atoms with Crippen molar-refractivity contribution in [2.45, 2.75) is 19.1 Å². The highest BCUT2D eigenvalue weighted by atomic mass is 35.5. The molecule has 5 heteroatoms. The van der Waals surface area contributed by atoms with E-state index < -0.39 is 0 Å². The number of halogens is 2. The van der Waals surface area contributed by atoms with Crippen molar-refractivity contribution in [1.29, 1.82) is 0 Å². The van der Waals surface area contributed by atoms with E-state index in [1.54, 1.807) is 11.8 Å². The molecule has 0 aromatic heterocycles. The molecule has 86 valence electrons. The third-order valence-corrected chi connectivity index (χ3v) is 4.13. The predicted molar refractivity (Wildman–Crippen MR) is 74.2 cm³/mol. The van der Waals surface area contributed by atoms with Gasteiger partial charge in [0.25, 0.3) is 0 Å². The Morgan fingerprint density at radius 1 is 1.44 bits per heavy atom. The summed E-state index contributed by atoms with van der Waals surface area (Å²) >= 11 is 14.0. The van der Waals surface area contributed by atoms with Crippen LogP contribution in [-0.2, 0) is 0 Å². The van der Waals surface area contributed by atoms with E-state index in [-0.39, 0.29) is 0 Å². The smallest absolute Gasteiger partial charge is 0.161 e. The van der Waals surface area contributed by atoms with Gasteiger partial charge in [0, 0.05) is 5.25 Å². The number of aryl methyl sites for hydroxylation is 1. The number of benzene rings is 1. The second-order valence-corrected chi connectivity index (χ2v) is 5.96. The second-order valence-electron chi connectivity index (χ2n) is 3.75. The number of rotatable bonds is 1. The quantitative estimate of drug-likeness (QED) is 0.830. The van der Waals surface area contributed by atoms with E-state index in [1.165, 1.54) is 0 Å². The van der Waals surface area contributed by atoms with Crippen LogP contribution in [0.3, 0.4) is 0 Å². The van der Waals surface area contributed by atoms with Crippen LogP contribution >= 0.6 is 35.0 Å². The van der Waals surface area contributed by atoms with Crippen LogP contribution in [0.5, 0.6) is 0 Å². The Morgan fingerprint density at radius 3 is 2.81 bits per heavy atom. The van der Waals surface area contributed by atoms with Gasteiger partial charge < -0.3 is 5.32 Å². The Labute approximate surface area is 109 Å². The van der Waals surface area contributed by atoms with Gasteiger partial charge >= 0.3 is 0 Å². The lowest BCUT2D eigenvalue weighted by Crippen LogP contribution is -2.07. The highest BCUT2D eigenvalue weighted by molar-refractivity contribution is 8.15. The fraction of sp³-hybridized carbons (Fsp3) is 0.364. The lowest BCUT2D eigenvalue weighted by molar-refractivity contribution is 0.976. The van der Waals surface area contributed by atoms with E-state index in [0.717, 1.165) is 23.0 Å². The van der Waals surface area contributed by atoms with Crippen LogP contribution in [0.2, 0.25) is 10.0 Å². The Hall–Kier alpha value is -0.380. The molecule has 0 radical (unpaired) electrons. The maximum Gasteiger partial charge on any atom is 0.161 e. The van der Waals surface area contributed by atoms with Crippen molar-refractivity contribution in [2.24, 2.45) is 4.99 Å². The zero-order chi connectivity index (χ0) is 11.7. The molecule has 0 amide bonds. The summed E-state index contributed by atoms with van der Waals surface area (Å²) in [5.74, 6) is 0. The first-order valence-corrected chi connectivity index (χ1v) is 6.64. The van der Waals surface area contributed by atoms with Gasteiger partial charge in [0.05, 0.1) is 22.3 Å². The van der Waals surface area contributed by atoms with Gasteiger partial charge in [-0.2, -0.15) is 0 Å². The summed E-state index contributed by atoms with van der Waals surface area (Å²) in [6, 6.07) is 3.75. The molecule has 1 heterocycles. The number of nitrogens with zero attached hydrogens (tertiary/aromatic N) is 1. The number of hydrogen-bond acceptors (Lipinski definition) is 3. The third-order valence-electron chi connectivity index (χ3n) is 2.32. The molecule has 2 nitrogen and oxygen atoms in total. The van der Waals surface area contributed by atoms with Gasteiger partial charge in [-0.3, -0.25) is 4.99 Å². The van der Waals surface area contributed by atoms with Gasteiger partial charge in [0.2, 0.25) is 0 Å². The normalized spacial score (nSPS) is 19.8. The van der Waals surface area contributed by atoms with Crippen molar-refractivity contribution in [1.82, 2.24) is 0 Å². The number of aliphatic imine (C=N–C) groups is 1. The highest BCUT2D eigenvalue weighted by Crippen LogP contribution is 2.34. The maximum absolute atomic E-state index is 6.20. The molecule has 1 unspecified atom stereocenters. The average molecular weight is 275 g/mol. The number of hydrogen-bond donors (Lipinski definition) is 1. The van der Waals surface area contributed by atoms with Crippen LogP contribution in [0.25, 0.3) is 0 Å². The van der Waals surface area contributed by atoms with Crippen molar-refractivity contribution < 1.29 is 0 Å². The van der Waals surface area contributed by atoms with E-state index >= 15 is 0 Å². The summed E-state index contributed by atoms with van der Waals surface area (Å²) in [4.78, 5) is 4.38. The largest absolute Gasteiger partial charge is 0.333 e. The third kappa shape index (κ3) is 2.47. The van der Waals surface area contributed by atoms with Crippen molar-refractivity contribution >= 4 is 45.8 Å². The average Bonchev–Trinajstić information content (AvgIpc) is 2.65. The Bertz CT molecular complexity index is 446. The first kappa shape index (κ1) is 12.1. The topological polar surface area (TPSA) is 24.4 Å². The summed E-state index contributed by atoms with van der Waals surface area (Å²) in [7, 11) is 0. The summed E-state index contributed by atoms with van der Waals surface area (Å²) in [6.45, 7) is 4.94. The standard InChI is InChI=1S/C11H12Cl2N2S/c1-6-3-4-8(12)10(9(6)13)15-11-14-5-7(2)16-11/h3-4,7H,5H2,1-2H3,(H,14,15). The first-order valence-electron chi connectivity index (χ1n) is 5.00. The van der Waals surface area contributed by atoms with Gasteiger partial charge in [0.15, 0.2) is 5.17 Å². The van der Waals surface area contributed by atoms with Crippen LogP contribution in [0.4, 0.5) is 5.69 Å². The molecule has 1 aliphatic heterocycles. The highest BCUT2D eigenvalue weighted by Gasteiger charge is 2.17. The molecular weight excluding hydrogens is 263 g/mol. The van der Waals surface area contributed by atoms with Gasteiger partial charge in [0.1, 0.15) is 0 Å². The molecule has 1 atom stereocenters. The Kier molecular flexibility index (Phi) is 3.67. The van der Waals surface area contributed by atoms with Crippen molar-refractivity contribution in [3.63, 3.8) is 0 Å². The summed E-state index contributed by atoms with van der Waals surface area (Å²) in [5, 5.41) is 5.89. The number of anilines is 1. The monoisotopic (exact) mass is 274 g/mol. The molecule has 0 spiro atoms. The van der Waals surface area contributed by atoms with E-state index in [4.69, 9.17) is 23.2 Å².